The second-order valence-electron chi connectivity index (χ2n) is 3.99. The van der Waals surface area contributed by atoms with Gasteiger partial charge in [0.25, 0.3) is 0 Å². The van der Waals surface area contributed by atoms with Gasteiger partial charge >= 0.3 is 0 Å². The highest BCUT2D eigenvalue weighted by Gasteiger charge is 2.32. The number of rotatable bonds is 4. The molecule has 2 N–H and O–H groups in total. The predicted octanol–water partition coefficient (Wildman–Crippen LogP) is 0.407. The third-order valence-corrected chi connectivity index (χ3v) is 2.85. The molecule has 0 saturated carbocycles. The van der Waals surface area contributed by atoms with Crippen LogP contribution in [0.4, 0.5) is 0 Å². The highest BCUT2D eigenvalue weighted by atomic mass is 16.5. The number of β-lactam (4-membered cyclic amide) rings is 1. The SMILES string of the molecule is COc1cccc(CCN2CC(N)C2=O)c1. The lowest BCUT2D eigenvalue weighted by Crippen LogP contribution is -2.61. The molecule has 1 heterocycles. The molecular weight excluding hydrogens is 204 g/mol. The Morgan fingerprint density at radius 3 is 3.00 bits per heavy atom. The van der Waals surface area contributed by atoms with E-state index in [0.29, 0.717) is 6.54 Å². The van der Waals surface area contributed by atoms with E-state index >= 15 is 0 Å². The molecule has 1 aromatic rings. The number of amides is 1. The maximum Gasteiger partial charge on any atom is 0.241 e. The van der Waals surface area contributed by atoms with Crippen molar-refractivity contribution in [1.29, 1.82) is 0 Å². The topological polar surface area (TPSA) is 55.6 Å². The van der Waals surface area contributed by atoms with E-state index in [2.05, 4.69) is 0 Å². The summed E-state index contributed by atoms with van der Waals surface area (Å²) in [5, 5.41) is 0. The first-order chi connectivity index (χ1) is 7.70. The fourth-order valence-electron chi connectivity index (χ4n) is 1.82. The zero-order valence-electron chi connectivity index (χ0n) is 9.35. The number of hydrogen-bond donors (Lipinski definition) is 1. The number of carbonyl (C=O) groups is 1. The summed E-state index contributed by atoms with van der Waals surface area (Å²) in [5.74, 6) is 0.909. The first-order valence-electron chi connectivity index (χ1n) is 5.38. The van der Waals surface area contributed by atoms with E-state index in [9.17, 15) is 4.79 Å². The van der Waals surface area contributed by atoms with Gasteiger partial charge in [-0.15, -0.1) is 0 Å². The molecule has 1 aliphatic rings. The second kappa shape index (κ2) is 4.53. The van der Waals surface area contributed by atoms with Crippen LogP contribution in [0.2, 0.25) is 0 Å². The van der Waals surface area contributed by atoms with Gasteiger partial charge in [0.05, 0.1) is 7.11 Å². The lowest BCUT2D eigenvalue weighted by Gasteiger charge is -2.36. The fourth-order valence-corrected chi connectivity index (χ4v) is 1.82. The normalized spacial score (nSPS) is 19.5. The van der Waals surface area contributed by atoms with Crippen molar-refractivity contribution in [3.63, 3.8) is 0 Å². The van der Waals surface area contributed by atoms with Crippen molar-refractivity contribution in [2.45, 2.75) is 12.5 Å². The Bertz CT molecular complexity index is 392. The van der Waals surface area contributed by atoms with E-state index in [-0.39, 0.29) is 11.9 Å². The number of hydrogen-bond acceptors (Lipinski definition) is 3. The molecule has 1 amide bonds. The highest BCUT2D eigenvalue weighted by molar-refractivity contribution is 5.87. The van der Waals surface area contributed by atoms with Crippen molar-refractivity contribution in [2.75, 3.05) is 20.2 Å². The van der Waals surface area contributed by atoms with Crippen LogP contribution in [-0.4, -0.2) is 37.0 Å². The first-order valence-corrected chi connectivity index (χ1v) is 5.38. The molecule has 4 heteroatoms. The summed E-state index contributed by atoms with van der Waals surface area (Å²) in [4.78, 5) is 13.1. The van der Waals surface area contributed by atoms with E-state index in [1.54, 1.807) is 12.0 Å². The van der Waals surface area contributed by atoms with Crippen LogP contribution in [0.25, 0.3) is 0 Å². The van der Waals surface area contributed by atoms with Gasteiger partial charge in [0, 0.05) is 13.1 Å². The predicted molar refractivity (Wildman–Crippen MR) is 61.3 cm³/mol. The van der Waals surface area contributed by atoms with Gasteiger partial charge in [-0.25, -0.2) is 0 Å². The maximum absolute atomic E-state index is 11.3. The van der Waals surface area contributed by atoms with Crippen LogP contribution in [0.5, 0.6) is 5.75 Å². The van der Waals surface area contributed by atoms with Crippen LogP contribution >= 0.6 is 0 Å². The van der Waals surface area contributed by atoms with Gasteiger partial charge in [-0.2, -0.15) is 0 Å². The van der Waals surface area contributed by atoms with E-state index in [0.717, 1.165) is 18.7 Å². The summed E-state index contributed by atoms with van der Waals surface area (Å²) in [6.07, 6.45) is 0.843. The van der Waals surface area contributed by atoms with E-state index in [1.165, 1.54) is 5.56 Å². The number of nitrogens with two attached hydrogens (primary N) is 1. The minimum absolute atomic E-state index is 0.0582. The quantitative estimate of drug-likeness (QED) is 0.748. The highest BCUT2D eigenvalue weighted by Crippen LogP contribution is 2.15. The molecule has 0 aliphatic carbocycles. The summed E-state index contributed by atoms with van der Waals surface area (Å²) in [7, 11) is 1.65. The van der Waals surface area contributed by atoms with Gasteiger partial charge in [0.2, 0.25) is 5.91 Å². The van der Waals surface area contributed by atoms with Crippen LogP contribution < -0.4 is 10.5 Å². The molecule has 1 aromatic carbocycles. The molecule has 1 fully saturated rings. The average Bonchev–Trinajstić information content (AvgIpc) is 2.34. The zero-order valence-corrected chi connectivity index (χ0v) is 9.35. The lowest BCUT2D eigenvalue weighted by molar-refractivity contribution is -0.142. The minimum Gasteiger partial charge on any atom is -0.497 e. The van der Waals surface area contributed by atoms with Gasteiger partial charge in [-0.05, 0) is 24.1 Å². The molecule has 86 valence electrons. The van der Waals surface area contributed by atoms with Crippen LogP contribution in [0, 0.1) is 0 Å². The lowest BCUT2D eigenvalue weighted by atomic mass is 10.1. The number of likely N-dealkylation sites (tertiary alicyclic amines) is 1. The van der Waals surface area contributed by atoms with Crippen molar-refractivity contribution in [1.82, 2.24) is 4.90 Å². The number of carbonyl (C=O) groups excluding carboxylic acids is 1. The summed E-state index contributed by atoms with van der Waals surface area (Å²) in [5.41, 5.74) is 6.69. The smallest absolute Gasteiger partial charge is 0.241 e. The van der Waals surface area contributed by atoms with Crippen LogP contribution in [-0.2, 0) is 11.2 Å². The molecule has 2 rings (SSSR count). The Labute approximate surface area is 95.0 Å². The second-order valence-corrected chi connectivity index (χ2v) is 3.99. The zero-order chi connectivity index (χ0) is 11.5. The van der Waals surface area contributed by atoms with Crippen LogP contribution in [0.3, 0.4) is 0 Å². The molecule has 16 heavy (non-hydrogen) atoms. The molecule has 0 bridgehead atoms. The van der Waals surface area contributed by atoms with E-state index < -0.39 is 0 Å². The van der Waals surface area contributed by atoms with E-state index in [1.807, 2.05) is 24.3 Å². The Morgan fingerprint density at radius 1 is 1.56 bits per heavy atom. The number of nitrogens with zero attached hydrogens (tertiary/aromatic N) is 1. The van der Waals surface area contributed by atoms with Gasteiger partial charge in [-0.3, -0.25) is 4.79 Å². The van der Waals surface area contributed by atoms with Crippen LogP contribution in [0.1, 0.15) is 5.56 Å². The summed E-state index contributed by atoms with van der Waals surface area (Å²) in [6, 6.07) is 7.62. The molecule has 1 aliphatic heterocycles. The number of methoxy groups -OCH3 is 1. The summed E-state index contributed by atoms with van der Waals surface area (Å²) < 4.78 is 5.14. The Balaban J connectivity index is 1.87. The Kier molecular flexibility index (Phi) is 3.10. The fraction of sp³-hybridized carbons (Fsp3) is 0.417. The van der Waals surface area contributed by atoms with Gasteiger partial charge in [0.1, 0.15) is 11.8 Å². The Hall–Kier alpha value is -1.55. The van der Waals surface area contributed by atoms with Gasteiger partial charge in [0.15, 0.2) is 0 Å². The monoisotopic (exact) mass is 220 g/mol. The minimum atomic E-state index is -0.273. The maximum atomic E-state index is 11.3. The summed E-state index contributed by atoms with van der Waals surface area (Å²) >= 11 is 0. The van der Waals surface area contributed by atoms with Gasteiger partial charge < -0.3 is 15.4 Å². The van der Waals surface area contributed by atoms with Crippen molar-refractivity contribution in [3.05, 3.63) is 29.8 Å². The van der Waals surface area contributed by atoms with Crippen LogP contribution in [0.15, 0.2) is 24.3 Å². The molecule has 1 atom stereocenters. The third-order valence-electron chi connectivity index (χ3n) is 2.85. The summed E-state index contributed by atoms with van der Waals surface area (Å²) in [6.45, 7) is 1.42. The Morgan fingerprint density at radius 2 is 2.38 bits per heavy atom. The number of ether oxygens (including phenoxy) is 1. The molecule has 0 aromatic heterocycles. The molecule has 4 nitrogen and oxygen atoms in total. The standard InChI is InChI=1S/C12H16N2O2/c1-16-10-4-2-3-9(7-10)5-6-14-8-11(13)12(14)15/h2-4,7,11H,5-6,8,13H2,1H3. The first kappa shape index (κ1) is 11.0. The average molecular weight is 220 g/mol. The third kappa shape index (κ3) is 2.17. The van der Waals surface area contributed by atoms with Crippen molar-refractivity contribution < 1.29 is 9.53 Å². The molecule has 0 radical (unpaired) electrons. The number of benzene rings is 1. The molecule has 0 spiro atoms. The largest absolute Gasteiger partial charge is 0.497 e. The van der Waals surface area contributed by atoms with Crippen molar-refractivity contribution in [3.8, 4) is 5.75 Å². The molecular formula is C12H16N2O2. The van der Waals surface area contributed by atoms with Crippen molar-refractivity contribution >= 4 is 5.91 Å². The van der Waals surface area contributed by atoms with E-state index in [4.69, 9.17) is 10.5 Å². The van der Waals surface area contributed by atoms with Crippen molar-refractivity contribution in [2.24, 2.45) is 5.73 Å². The molecule has 1 unspecified atom stereocenters. The molecule has 1 saturated heterocycles. The van der Waals surface area contributed by atoms with Gasteiger partial charge in [-0.1, -0.05) is 12.1 Å².